The van der Waals surface area contributed by atoms with E-state index >= 15 is 0 Å². The van der Waals surface area contributed by atoms with E-state index in [1.54, 1.807) is 13.8 Å². The molecule has 0 aliphatic carbocycles. The topological polar surface area (TPSA) is 342 Å². The number of hydrogen-bond donors (Lipinski definition) is 11. The first kappa shape index (κ1) is 40.5. The van der Waals surface area contributed by atoms with Crippen molar-refractivity contribution < 1.29 is 38.7 Å². The maximum Gasteiger partial charge on any atom is 0.326 e. The molecular weight excluding hydrogens is 594 g/mol. The fourth-order valence-corrected chi connectivity index (χ4v) is 3.72. The molecule has 5 atom stereocenters. The van der Waals surface area contributed by atoms with Gasteiger partial charge in [0.05, 0.1) is 19.0 Å². The largest absolute Gasteiger partial charge is 0.480 e. The zero-order valence-electron chi connectivity index (χ0n) is 26.0. The molecule has 0 fully saturated rings. The highest BCUT2D eigenvalue weighted by Gasteiger charge is 2.29. The number of aliphatic carboxylic acids is 1. The summed E-state index contributed by atoms with van der Waals surface area (Å²) < 4.78 is 0. The van der Waals surface area contributed by atoms with Crippen LogP contribution in [0, 0.1) is 5.92 Å². The number of nitrogens with two attached hydrogens (primary N) is 5. The average Bonchev–Trinajstić information content (AvgIpc) is 2.95. The summed E-state index contributed by atoms with van der Waals surface area (Å²) >= 11 is 0. The summed E-state index contributed by atoms with van der Waals surface area (Å²) in [6.07, 6.45) is 0.639. The molecule has 256 valence electrons. The molecule has 0 radical (unpaired) electrons. The lowest BCUT2D eigenvalue weighted by atomic mass is 10.0. The first-order valence-electron chi connectivity index (χ1n) is 14.5. The molecule has 0 unspecified atom stereocenters. The minimum absolute atomic E-state index is 0.0373. The maximum atomic E-state index is 13.0. The molecule has 19 nitrogen and oxygen atoms in total. The number of guanidine groups is 1. The maximum absolute atomic E-state index is 13.0. The summed E-state index contributed by atoms with van der Waals surface area (Å²) in [5.74, 6) is -6.55. The Morgan fingerprint density at radius 1 is 0.733 bits per heavy atom. The van der Waals surface area contributed by atoms with Crippen molar-refractivity contribution >= 4 is 47.4 Å². The van der Waals surface area contributed by atoms with Gasteiger partial charge < -0.3 is 60.4 Å². The normalized spacial score (nSPS) is 14.1. The van der Waals surface area contributed by atoms with Gasteiger partial charge in [0, 0.05) is 6.54 Å². The van der Waals surface area contributed by atoms with Gasteiger partial charge in [0.25, 0.3) is 0 Å². The highest BCUT2D eigenvalue weighted by atomic mass is 16.4. The highest BCUT2D eigenvalue weighted by molar-refractivity contribution is 5.96. The van der Waals surface area contributed by atoms with Gasteiger partial charge in [-0.2, -0.15) is 0 Å². The van der Waals surface area contributed by atoms with Crippen LogP contribution in [-0.2, 0) is 33.6 Å². The third-order valence-corrected chi connectivity index (χ3v) is 6.39. The van der Waals surface area contributed by atoms with Gasteiger partial charge in [-0.25, -0.2) is 4.79 Å². The van der Waals surface area contributed by atoms with Crippen LogP contribution in [0.25, 0.3) is 0 Å². The summed E-state index contributed by atoms with van der Waals surface area (Å²) in [5, 5.41) is 21.2. The molecule has 19 heteroatoms. The predicted molar refractivity (Wildman–Crippen MR) is 163 cm³/mol. The van der Waals surface area contributed by atoms with Gasteiger partial charge in [-0.15, -0.1) is 0 Å². The van der Waals surface area contributed by atoms with E-state index in [-0.39, 0.29) is 37.7 Å². The fraction of sp³-hybridized carbons (Fsp3) is 0.692. The Hall–Kier alpha value is -4.52. The Bertz CT molecular complexity index is 1070. The molecular formula is C26H49N11O8. The predicted octanol–water partition coefficient (Wildman–Crippen LogP) is -4.81. The third-order valence-electron chi connectivity index (χ3n) is 6.39. The average molecular weight is 644 g/mol. The number of carboxylic acid groups (broad SMARTS) is 1. The Kier molecular flexibility index (Phi) is 19.1. The Labute approximate surface area is 261 Å². The van der Waals surface area contributed by atoms with E-state index in [9.17, 15) is 38.7 Å². The number of carbonyl (C=O) groups excluding carboxylic acids is 6. The van der Waals surface area contributed by atoms with Gasteiger partial charge >= 0.3 is 5.97 Å². The van der Waals surface area contributed by atoms with Crippen molar-refractivity contribution in [1.82, 2.24) is 26.6 Å². The first-order valence-corrected chi connectivity index (χ1v) is 14.5. The summed E-state index contributed by atoms with van der Waals surface area (Å²) in [6, 6.07) is -5.93. The minimum atomic E-state index is -1.53. The van der Waals surface area contributed by atoms with Gasteiger partial charge in [-0.1, -0.05) is 13.8 Å². The molecule has 0 aliphatic rings. The smallest absolute Gasteiger partial charge is 0.326 e. The number of carboxylic acids is 1. The highest BCUT2D eigenvalue weighted by Crippen LogP contribution is 2.04. The monoisotopic (exact) mass is 643 g/mol. The van der Waals surface area contributed by atoms with Crippen LogP contribution >= 0.6 is 0 Å². The van der Waals surface area contributed by atoms with Crippen molar-refractivity contribution in [3.8, 4) is 0 Å². The second-order valence-electron chi connectivity index (χ2n) is 10.7. The molecule has 0 saturated carbocycles. The van der Waals surface area contributed by atoms with Crippen LogP contribution in [-0.4, -0.2) is 102 Å². The number of unbranched alkanes of at least 4 members (excludes halogenated alkanes) is 1. The van der Waals surface area contributed by atoms with E-state index < -0.39 is 84.6 Å². The summed E-state index contributed by atoms with van der Waals surface area (Å²) in [5.41, 5.74) is 27.1. The lowest BCUT2D eigenvalue weighted by Crippen LogP contribution is -2.56. The van der Waals surface area contributed by atoms with Crippen LogP contribution in [0.5, 0.6) is 0 Å². The molecule has 0 spiro atoms. The number of nitrogens with one attached hydrogen (secondary N) is 5. The second-order valence-corrected chi connectivity index (χ2v) is 10.7. The zero-order valence-corrected chi connectivity index (χ0v) is 26.0. The Morgan fingerprint density at radius 2 is 1.33 bits per heavy atom. The molecule has 0 aromatic carbocycles. The van der Waals surface area contributed by atoms with Crippen molar-refractivity contribution in [2.45, 2.75) is 89.5 Å². The van der Waals surface area contributed by atoms with Gasteiger partial charge in [0.2, 0.25) is 35.4 Å². The van der Waals surface area contributed by atoms with Crippen LogP contribution in [0.3, 0.4) is 0 Å². The van der Waals surface area contributed by atoms with Crippen LogP contribution in [0.1, 0.15) is 59.3 Å². The molecule has 0 bridgehead atoms. The Balaban J connectivity index is 5.46. The number of carbonyl (C=O) groups is 7. The second kappa shape index (κ2) is 21.2. The van der Waals surface area contributed by atoms with E-state index in [1.165, 1.54) is 6.92 Å². The Morgan fingerprint density at radius 3 is 1.87 bits per heavy atom. The zero-order chi connectivity index (χ0) is 34.7. The number of aliphatic imine (C=N–C) groups is 1. The number of rotatable bonds is 22. The van der Waals surface area contributed by atoms with Crippen LogP contribution < -0.4 is 55.3 Å². The van der Waals surface area contributed by atoms with Crippen LogP contribution in [0.2, 0.25) is 0 Å². The van der Waals surface area contributed by atoms with Crippen molar-refractivity contribution in [3.05, 3.63) is 0 Å². The number of primary amides is 1. The van der Waals surface area contributed by atoms with Crippen molar-refractivity contribution in [1.29, 1.82) is 0 Å². The molecule has 6 amide bonds. The summed E-state index contributed by atoms with van der Waals surface area (Å²) in [7, 11) is 0. The van der Waals surface area contributed by atoms with Gasteiger partial charge in [0.15, 0.2) is 5.96 Å². The van der Waals surface area contributed by atoms with E-state index in [1.807, 2.05) is 0 Å². The number of amides is 6. The third kappa shape index (κ3) is 17.4. The lowest BCUT2D eigenvalue weighted by molar-refractivity contribution is -0.142. The van der Waals surface area contributed by atoms with E-state index in [2.05, 4.69) is 31.6 Å². The van der Waals surface area contributed by atoms with Gasteiger partial charge in [-0.05, 0) is 51.5 Å². The lowest BCUT2D eigenvalue weighted by Gasteiger charge is -2.23. The number of nitrogens with zero attached hydrogens (tertiary/aromatic N) is 1. The molecule has 0 rings (SSSR count). The van der Waals surface area contributed by atoms with Crippen LogP contribution in [0.4, 0.5) is 0 Å². The molecule has 16 N–H and O–H groups in total. The van der Waals surface area contributed by atoms with Gasteiger partial charge in [-0.3, -0.25) is 33.8 Å². The van der Waals surface area contributed by atoms with Gasteiger partial charge in [0.1, 0.15) is 24.2 Å². The first-order chi connectivity index (χ1) is 21.0. The van der Waals surface area contributed by atoms with E-state index in [4.69, 9.17) is 28.7 Å². The summed E-state index contributed by atoms with van der Waals surface area (Å²) in [6.45, 7) is 4.65. The molecule has 0 aromatic heterocycles. The quantitative estimate of drug-likeness (QED) is 0.0301. The molecule has 0 heterocycles. The van der Waals surface area contributed by atoms with E-state index in [0.29, 0.717) is 19.4 Å². The molecule has 0 aliphatic heterocycles. The number of hydrogen-bond acceptors (Lipinski definition) is 10. The van der Waals surface area contributed by atoms with Crippen LogP contribution in [0.15, 0.2) is 4.99 Å². The van der Waals surface area contributed by atoms with E-state index in [0.717, 1.165) is 0 Å². The molecule has 0 saturated heterocycles. The molecule has 45 heavy (non-hydrogen) atoms. The van der Waals surface area contributed by atoms with Crippen molar-refractivity contribution in [2.75, 3.05) is 19.6 Å². The fourth-order valence-electron chi connectivity index (χ4n) is 3.72. The standard InChI is InChI=1S/C26H49N11O8/c1-13(2)20(29)24(43)34-14(3)21(40)36-15(8-6-10-32-26(30)31)22(41)33-12-19(39)35-17(11-18(28)38)23(42)37-16(25(44)45)7-4-5-9-27/h13-17,20H,4-12,27,29H2,1-3H3,(H2,28,38)(H,33,41)(H,34,43)(H,35,39)(H,36,40)(H,37,42)(H,44,45)(H4,30,31,32)/t14-,15-,16-,17-,20-/m0/s1. The molecule has 0 aromatic rings. The van der Waals surface area contributed by atoms with Crippen molar-refractivity contribution in [3.63, 3.8) is 0 Å². The SMILES string of the molecule is CC(C)[C@H](N)C(=O)N[C@@H](C)C(=O)N[C@@H](CCCN=C(N)N)C(=O)NCC(=O)N[C@@H](CC(N)=O)C(=O)N[C@@H](CCCCN)C(=O)O. The minimum Gasteiger partial charge on any atom is -0.480 e. The summed E-state index contributed by atoms with van der Waals surface area (Å²) in [4.78, 5) is 90.2. The van der Waals surface area contributed by atoms with Crippen molar-refractivity contribution in [2.24, 2.45) is 39.6 Å².